The summed E-state index contributed by atoms with van der Waals surface area (Å²) >= 11 is 0. The molecule has 2 fully saturated rings. The molecule has 3 aliphatic heterocycles. The molecular weight excluding hydrogens is 456 g/mol. The Labute approximate surface area is 202 Å². The van der Waals surface area contributed by atoms with Crippen molar-refractivity contribution in [3.63, 3.8) is 0 Å². The number of nitrogens with one attached hydrogen (secondary N) is 1. The number of hydrogen-bond donors (Lipinski definition) is 3. The average molecular weight is 487 g/mol. The van der Waals surface area contributed by atoms with Gasteiger partial charge in [0.1, 0.15) is 12.1 Å². The second kappa shape index (κ2) is 10.8. The van der Waals surface area contributed by atoms with Crippen LogP contribution in [0.4, 0.5) is 9.59 Å². The van der Waals surface area contributed by atoms with Crippen LogP contribution < -0.4 is 5.48 Å². The lowest BCUT2D eigenvalue weighted by atomic mass is 9.85. The standard InChI is InChI=1S/C24H30N4O7/c29-21(25-34)19-14-18(35-24(33)27-10-4-5-11-27)15-28(23(31)32)20(19)22(30)26-12-8-17(9-13-26)16-6-2-1-3-7-16/h1-3,6-8,18-20,34H,4-5,9-15H2,(H,25,29)(H,31,32)/t18?,19-,20-/m0/s1. The first-order valence-corrected chi connectivity index (χ1v) is 11.8. The second-order valence-corrected chi connectivity index (χ2v) is 9.03. The van der Waals surface area contributed by atoms with Crippen molar-refractivity contribution in [2.45, 2.75) is 37.8 Å². The highest BCUT2D eigenvalue weighted by atomic mass is 16.6. The zero-order valence-corrected chi connectivity index (χ0v) is 19.3. The minimum absolute atomic E-state index is 0.0783. The summed E-state index contributed by atoms with van der Waals surface area (Å²) in [6.07, 6.45) is 1.27. The monoisotopic (exact) mass is 486 g/mol. The number of ether oxygens (including phenoxy) is 1. The summed E-state index contributed by atoms with van der Waals surface area (Å²) in [5.41, 5.74) is 3.70. The Morgan fingerprint density at radius 3 is 2.31 bits per heavy atom. The predicted octanol–water partition coefficient (Wildman–Crippen LogP) is 1.78. The number of rotatable bonds is 4. The third-order valence-electron chi connectivity index (χ3n) is 6.88. The number of carbonyl (C=O) groups is 4. The Hall–Kier alpha value is -3.60. The van der Waals surface area contributed by atoms with Crippen molar-refractivity contribution in [3.05, 3.63) is 42.0 Å². The lowest BCUT2D eigenvalue weighted by molar-refractivity contribution is -0.151. The number of piperidine rings is 1. The Kier molecular flexibility index (Phi) is 7.54. The van der Waals surface area contributed by atoms with Gasteiger partial charge in [-0.25, -0.2) is 15.1 Å². The van der Waals surface area contributed by atoms with Gasteiger partial charge in [0.25, 0.3) is 0 Å². The summed E-state index contributed by atoms with van der Waals surface area (Å²) in [6.45, 7) is 1.52. The van der Waals surface area contributed by atoms with Crippen molar-refractivity contribution in [2.24, 2.45) is 5.92 Å². The number of carbonyl (C=O) groups excluding carboxylic acids is 3. The number of carboxylic acid groups (broad SMARTS) is 1. The van der Waals surface area contributed by atoms with Gasteiger partial charge >= 0.3 is 12.2 Å². The molecular formula is C24H30N4O7. The Morgan fingerprint density at radius 2 is 1.71 bits per heavy atom. The third-order valence-corrected chi connectivity index (χ3v) is 6.88. The summed E-state index contributed by atoms with van der Waals surface area (Å²) in [6, 6.07) is 8.43. The zero-order valence-electron chi connectivity index (χ0n) is 19.3. The molecule has 1 aromatic rings. The van der Waals surface area contributed by atoms with Crippen molar-refractivity contribution in [1.82, 2.24) is 20.2 Å². The molecule has 0 aromatic heterocycles. The summed E-state index contributed by atoms with van der Waals surface area (Å²) < 4.78 is 5.50. The van der Waals surface area contributed by atoms with E-state index in [1.807, 2.05) is 36.4 Å². The van der Waals surface area contributed by atoms with Crippen LogP contribution in [-0.4, -0.2) is 93.9 Å². The van der Waals surface area contributed by atoms with E-state index in [9.17, 15) is 29.5 Å². The molecule has 0 spiro atoms. The number of benzene rings is 1. The van der Waals surface area contributed by atoms with E-state index < -0.39 is 42.1 Å². The van der Waals surface area contributed by atoms with Gasteiger partial charge in [-0.1, -0.05) is 36.4 Å². The largest absolute Gasteiger partial charge is 0.465 e. The third kappa shape index (κ3) is 5.40. The van der Waals surface area contributed by atoms with Crippen LogP contribution in [0.15, 0.2) is 36.4 Å². The molecule has 3 atom stereocenters. The van der Waals surface area contributed by atoms with E-state index in [-0.39, 0.29) is 19.5 Å². The molecule has 3 heterocycles. The molecule has 188 valence electrons. The number of likely N-dealkylation sites (tertiary alicyclic amines) is 2. The lowest BCUT2D eigenvalue weighted by Gasteiger charge is -2.43. The Balaban J connectivity index is 1.51. The Morgan fingerprint density at radius 1 is 1.00 bits per heavy atom. The molecule has 3 aliphatic rings. The predicted molar refractivity (Wildman–Crippen MR) is 123 cm³/mol. The van der Waals surface area contributed by atoms with Gasteiger partial charge in [-0.05, 0) is 30.4 Å². The maximum Gasteiger partial charge on any atom is 0.410 e. The maximum atomic E-state index is 13.5. The number of hydrogen-bond acceptors (Lipinski definition) is 6. The van der Waals surface area contributed by atoms with Crippen molar-refractivity contribution in [2.75, 3.05) is 32.7 Å². The summed E-state index contributed by atoms with van der Waals surface area (Å²) in [7, 11) is 0. The molecule has 2 saturated heterocycles. The highest BCUT2D eigenvalue weighted by Crippen LogP contribution is 2.30. The summed E-state index contributed by atoms with van der Waals surface area (Å²) in [5.74, 6) is -2.63. The van der Waals surface area contributed by atoms with Crippen molar-refractivity contribution < 1.29 is 34.2 Å². The fraction of sp³-hybridized carbons (Fsp3) is 0.500. The Bertz CT molecular complexity index is 993. The summed E-state index contributed by atoms with van der Waals surface area (Å²) in [4.78, 5) is 54.5. The molecule has 4 amide bonds. The van der Waals surface area contributed by atoms with Gasteiger partial charge in [0.05, 0.1) is 12.5 Å². The maximum absolute atomic E-state index is 13.5. The highest BCUT2D eigenvalue weighted by Gasteiger charge is 2.49. The van der Waals surface area contributed by atoms with E-state index in [0.29, 0.717) is 26.1 Å². The van der Waals surface area contributed by atoms with Crippen LogP contribution in [0.5, 0.6) is 0 Å². The fourth-order valence-electron chi connectivity index (χ4n) is 5.05. The van der Waals surface area contributed by atoms with Gasteiger partial charge in [0.2, 0.25) is 11.8 Å². The van der Waals surface area contributed by atoms with Crippen LogP contribution >= 0.6 is 0 Å². The molecule has 0 bridgehead atoms. The first-order valence-electron chi connectivity index (χ1n) is 11.8. The number of amides is 4. The molecule has 0 aliphatic carbocycles. The van der Waals surface area contributed by atoms with Crippen LogP contribution in [0.1, 0.15) is 31.2 Å². The smallest absolute Gasteiger partial charge is 0.410 e. The first-order chi connectivity index (χ1) is 16.9. The average Bonchev–Trinajstić information content (AvgIpc) is 3.43. The van der Waals surface area contributed by atoms with Crippen molar-refractivity contribution in [3.8, 4) is 0 Å². The van der Waals surface area contributed by atoms with Crippen LogP contribution in [0.3, 0.4) is 0 Å². The van der Waals surface area contributed by atoms with E-state index in [1.54, 1.807) is 5.48 Å². The molecule has 1 unspecified atom stereocenters. The molecule has 35 heavy (non-hydrogen) atoms. The highest BCUT2D eigenvalue weighted by molar-refractivity contribution is 5.93. The zero-order chi connectivity index (χ0) is 24.9. The fourth-order valence-corrected chi connectivity index (χ4v) is 5.05. The van der Waals surface area contributed by atoms with Crippen LogP contribution in [0.2, 0.25) is 0 Å². The quantitative estimate of drug-likeness (QED) is 0.435. The molecule has 0 radical (unpaired) electrons. The van der Waals surface area contributed by atoms with Crippen LogP contribution in [0, 0.1) is 5.92 Å². The SMILES string of the molecule is O=C(NO)[C@H]1CC(OC(=O)N2CCCC2)CN(C(=O)O)[C@@H]1C(=O)N1CC=C(c2ccccc2)CC1. The first kappa shape index (κ1) is 24.5. The number of nitrogens with zero attached hydrogens (tertiary/aromatic N) is 3. The van der Waals surface area contributed by atoms with Gasteiger partial charge in [0.15, 0.2) is 0 Å². The molecule has 4 rings (SSSR count). The van der Waals surface area contributed by atoms with Crippen LogP contribution in [-0.2, 0) is 14.3 Å². The minimum Gasteiger partial charge on any atom is -0.465 e. The molecule has 11 heteroatoms. The van der Waals surface area contributed by atoms with Gasteiger partial charge in [0, 0.05) is 32.6 Å². The topological polar surface area (TPSA) is 140 Å². The van der Waals surface area contributed by atoms with E-state index in [1.165, 1.54) is 9.80 Å². The molecule has 0 saturated carbocycles. The number of hydroxylamine groups is 1. The van der Waals surface area contributed by atoms with E-state index in [0.717, 1.165) is 28.9 Å². The van der Waals surface area contributed by atoms with E-state index >= 15 is 0 Å². The van der Waals surface area contributed by atoms with Gasteiger partial charge in [-0.15, -0.1) is 0 Å². The van der Waals surface area contributed by atoms with Gasteiger partial charge in [-0.3, -0.25) is 19.7 Å². The normalized spacial score (nSPS) is 24.5. The second-order valence-electron chi connectivity index (χ2n) is 9.03. The van der Waals surface area contributed by atoms with Gasteiger partial charge < -0.3 is 19.6 Å². The molecule has 3 N–H and O–H groups in total. The van der Waals surface area contributed by atoms with Gasteiger partial charge in [-0.2, -0.15) is 0 Å². The lowest BCUT2D eigenvalue weighted by Crippen LogP contribution is -2.63. The molecule has 11 nitrogen and oxygen atoms in total. The van der Waals surface area contributed by atoms with Crippen molar-refractivity contribution >= 4 is 29.6 Å². The van der Waals surface area contributed by atoms with E-state index in [2.05, 4.69) is 0 Å². The minimum atomic E-state index is -1.40. The van der Waals surface area contributed by atoms with E-state index in [4.69, 9.17) is 4.74 Å². The summed E-state index contributed by atoms with van der Waals surface area (Å²) in [5, 5.41) is 19.2. The van der Waals surface area contributed by atoms with Crippen molar-refractivity contribution in [1.29, 1.82) is 0 Å². The van der Waals surface area contributed by atoms with Crippen LogP contribution in [0.25, 0.3) is 5.57 Å². The molecule has 1 aromatic carbocycles.